The smallest absolute Gasteiger partial charge is 0.231 e. The van der Waals surface area contributed by atoms with Gasteiger partial charge in [0.1, 0.15) is 0 Å². The summed E-state index contributed by atoms with van der Waals surface area (Å²) in [6, 6.07) is 12.2. The monoisotopic (exact) mass is 386 g/mol. The van der Waals surface area contributed by atoms with Crippen molar-refractivity contribution in [2.45, 2.75) is 19.1 Å². The summed E-state index contributed by atoms with van der Waals surface area (Å²) in [7, 11) is 5.01. The van der Waals surface area contributed by atoms with Crippen LogP contribution in [-0.2, 0) is 22.3 Å². The van der Waals surface area contributed by atoms with Gasteiger partial charge in [0.05, 0.1) is 20.8 Å². The molecule has 0 spiro atoms. The summed E-state index contributed by atoms with van der Waals surface area (Å²) >= 11 is 0. The zero-order chi connectivity index (χ0) is 19.5. The van der Waals surface area contributed by atoms with Crippen molar-refractivity contribution in [3.8, 4) is 23.0 Å². The normalized spacial score (nSPS) is 23.0. The standard InChI is InChI=1S/C22H26O6/c1-23-18-6-4-14(10-20(18)24-2)8-16-12-26-22(25-3)17(16)9-15-5-7-19-21(11-15)28-13-27-19/h4-7,10-11,16-17,22H,8-9,12-13H2,1-3H3/t16-,17+,22+/m0/s1. The molecule has 2 heterocycles. The van der Waals surface area contributed by atoms with Crippen molar-refractivity contribution in [1.82, 2.24) is 0 Å². The maximum absolute atomic E-state index is 5.93. The van der Waals surface area contributed by atoms with Crippen LogP contribution in [0.3, 0.4) is 0 Å². The van der Waals surface area contributed by atoms with Crippen LogP contribution in [-0.4, -0.2) is 41.0 Å². The molecule has 0 aliphatic carbocycles. The summed E-state index contributed by atoms with van der Waals surface area (Å²) in [6.07, 6.45) is 1.53. The Balaban J connectivity index is 1.51. The molecule has 28 heavy (non-hydrogen) atoms. The van der Waals surface area contributed by atoms with Gasteiger partial charge in [-0.15, -0.1) is 0 Å². The molecule has 1 saturated heterocycles. The van der Waals surface area contributed by atoms with Gasteiger partial charge in [0.2, 0.25) is 6.79 Å². The summed E-state index contributed by atoms with van der Waals surface area (Å²) in [4.78, 5) is 0. The molecule has 150 valence electrons. The lowest BCUT2D eigenvalue weighted by molar-refractivity contribution is -0.110. The first-order valence-corrected chi connectivity index (χ1v) is 9.45. The molecule has 2 aromatic carbocycles. The van der Waals surface area contributed by atoms with Crippen LogP contribution in [0.15, 0.2) is 36.4 Å². The van der Waals surface area contributed by atoms with E-state index in [2.05, 4.69) is 18.2 Å². The second-order valence-corrected chi connectivity index (χ2v) is 7.15. The van der Waals surface area contributed by atoms with Gasteiger partial charge in [0.25, 0.3) is 0 Å². The summed E-state index contributed by atoms with van der Waals surface area (Å²) in [5.74, 6) is 3.68. The van der Waals surface area contributed by atoms with Crippen molar-refractivity contribution in [2.24, 2.45) is 11.8 Å². The van der Waals surface area contributed by atoms with Crippen LogP contribution in [0.4, 0.5) is 0 Å². The lowest BCUT2D eigenvalue weighted by atomic mass is 9.84. The Kier molecular flexibility index (Phi) is 5.59. The molecule has 2 aromatic rings. The van der Waals surface area contributed by atoms with E-state index >= 15 is 0 Å². The zero-order valence-electron chi connectivity index (χ0n) is 16.5. The number of ether oxygens (including phenoxy) is 6. The van der Waals surface area contributed by atoms with E-state index in [1.807, 2.05) is 18.2 Å². The topological polar surface area (TPSA) is 55.4 Å². The quantitative estimate of drug-likeness (QED) is 0.727. The molecule has 0 aromatic heterocycles. The highest BCUT2D eigenvalue weighted by Crippen LogP contribution is 2.38. The van der Waals surface area contributed by atoms with E-state index in [0.717, 1.165) is 35.8 Å². The van der Waals surface area contributed by atoms with E-state index in [0.29, 0.717) is 12.5 Å². The summed E-state index contributed by atoms with van der Waals surface area (Å²) in [6.45, 7) is 0.954. The van der Waals surface area contributed by atoms with Crippen LogP contribution in [0.25, 0.3) is 0 Å². The molecule has 4 rings (SSSR count). The molecule has 0 unspecified atom stereocenters. The van der Waals surface area contributed by atoms with E-state index in [4.69, 9.17) is 28.4 Å². The highest BCUT2D eigenvalue weighted by atomic mass is 16.7. The Morgan fingerprint density at radius 2 is 1.61 bits per heavy atom. The Hall–Kier alpha value is -2.44. The van der Waals surface area contributed by atoms with Gasteiger partial charge in [-0.3, -0.25) is 0 Å². The molecule has 6 nitrogen and oxygen atoms in total. The lowest BCUT2D eigenvalue weighted by Gasteiger charge is -2.22. The van der Waals surface area contributed by atoms with Crippen LogP contribution >= 0.6 is 0 Å². The molecule has 6 heteroatoms. The van der Waals surface area contributed by atoms with Crippen molar-refractivity contribution in [2.75, 3.05) is 34.7 Å². The van der Waals surface area contributed by atoms with Crippen molar-refractivity contribution in [1.29, 1.82) is 0 Å². The molecule has 0 N–H and O–H groups in total. The van der Waals surface area contributed by atoms with Crippen molar-refractivity contribution >= 4 is 0 Å². The molecule has 0 radical (unpaired) electrons. The first-order valence-electron chi connectivity index (χ1n) is 9.45. The van der Waals surface area contributed by atoms with E-state index in [-0.39, 0.29) is 19.0 Å². The minimum absolute atomic E-state index is 0.212. The number of hydrogen-bond acceptors (Lipinski definition) is 6. The average molecular weight is 386 g/mol. The largest absolute Gasteiger partial charge is 0.493 e. The lowest BCUT2D eigenvalue weighted by Crippen LogP contribution is -2.25. The minimum Gasteiger partial charge on any atom is -0.493 e. The molecule has 2 aliphatic heterocycles. The third kappa shape index (κ3) is 3.75. The van der Waals surface area contributed by atoms with E-state index in [1.54, 1.807) is 21.3 Å². The third-order valence-electron chi connectivity index (χ3n) is 5.52. The SMILES string of the molecule is COc1ccc(C[C@H]2CO[C@@H](OC)[C@@H]2Cc2ccc3c(c2)OCO3)cc1OC. The number of methoxy groups -OCH3 is 3. The third-order valence-corrected chi connectivity index (χ3v) is 5.52. The maximum atomic E-state index is 5.93. The van der Waals surface area contributed by atoms with Gasteiger partial charge in [-0.1, -0.05) is 12.1 Å². The Morgan fingerprint density at radius 1 is 0.857 bits per heavy atom. The van der Waals surface area contributed by atoms with Crippen molar-refractivity contribution in [3.63, 3.8) is 0 Å². The molecular weight excluding hydrogens is 360 g/mol. The molecule has 3 atom stereocenters. The molecule has 0 saturated carbocycles. The number of hydrogen-bond donors (Lipinski definition) is 0. The molecule has 0 amide bonds. The predicted molar refractivity (Wildman–Crippen MR) is 103 cm³/mol. The maximum Gasteiger partial charge on any atom is 0.231 e. The molecular formula is C22H26O6. The number of benzene rings is 2. The van der Waals surface area contributed by atoms with Crippen LogP contribution < -0.4 is 18.9 Å². The first kappa shape index (κ1) is 18.9. The average Bonchev–Trinajstić information content (AvgIpc) is 3.34. The van der Waals surface area contributed by atoms with Gasteiger partial charge in [-0.25, -0.2) is 0 Å². The van der Waals surface area contributed by atoms with E-state index < -0.39 is 0 Å². The highest BCUT2D eigenvalue weighted by molar-refractivity contribution is 5.45. The summed E-state index contributed by atoms with van der Waals surface area (Å²) < 4.78 is 33.3. The Bertz CT molecular complexity index is 821. The first-order chi connectivity index (χ1) is 13.7. The second kappa shape index (κ2) is 8.29. The van der Waals surface area contributed by atoms with Crippen molar-refractivity contribution in [3.05, 3.63) is 47.5 Å². The fourth-order valence-electron chi connectivity index (χ4n) is 4.05. The van der Waals surface area contributed by atoms with Gasteiger partial charge in [0, 0.05) is 13.0 Å². The van der Waals surface area contributed by atoms with Crippen LogP contribution in [0.1, 0.15) is 11.1 Å². The van der Waals surface area contributed by atoms with E-state index in [1.165, 1.54) is 11.1 Å². The molecule has 1 fully saturated rings. The van der Waals surface area contributed by atoms with Crippen LogP contribution in [0, 0.1) is 11.8 Å². The number of fused-ring (bicyclic) bond motifs is 1. The van der Waals surface area contributed by atoms with Gasteiger partial charge >= 0.3 is 0 Å². The molecule has 0 bridgehead atoms. The fourth-order valence-corrected chi connectivity index (χ4v) is 4.05. The second-order valence-electron chi connectivity index (χ2n) is 7.15. The fraction of sp³-hybridized carbons (Fsp3) is 0.455. The van der Waals surface area contributed by atoms with Crippen molar-refractivity contribution < 1.29 is 28.4 Å². The van der Waals surface area contributed by atoms with Crippen LogP contribution in [0.5, 0.6) is 23.0 Å². The van der Waals surface area contributed by atoms with E-state index in [9.17, 15) is 0 Å². The molecule has 2 aliphatic rings. The highest BCUT2D eigenvalue weighted by Gasteiger charge is 2.37. The Morgan fingerprint density at radius 3 is 2.39 bits per heavy atom. The van der Waals surface area contributed by atoms with Gasteiger partial charge in [-0.05, 0) is 54.2 Å². The van der Waals surface area contributed by atoms with Gasteiger partial charge in [0.15, 0.2) is 29.3 Å². The minimum atomic E-state index is -0.212. The predicted octanol–water partition coefficient (Wildman–Crippen LogP) is 3.45. The summed E-state index contributed by atoms with van der Waals surface area (Å²) in [5, 5.41) is 0. The zero-order valence-corrected chi connectivity index (χ0v) is 16.5. The van der Waals surface area contributed by atoms with Crippen LogP contribution in [0.2, 0.25) is 0 Å². The van der Waals surface area contributed by atoms with Gasteiger partial charge in [-0.2, -0.15) is 0 Å². The number of rotatable bonds is 7. The summed E-state index contributed by atoms with van der Waals surface area (Å²) in [5.41, 5.74) is 2.39. The Labute approximate surface area is 165 Å². The van der Waals surface area contributed by atoms with Gasteiger partial charge < -0.3 is 28.4 Å².